The van der Waals surface area contributed by atoms with Crippen molar-refractivity contribution in [3.8, 4) is 21.8 Å². The fraction of sp³-hybridized carbons (Fsp3) is 0.241. The molecule has 5 aromatic rings. The van der Waals surface area contributed by atoms with Crippen molar-refractivity contribution in [2.75, 3.05) is 5.32 Å². The van der Waals surface area contributed by atoms with E-state index in [-0.39, 0.29) is 5.54 Å². The van der Waals surface area contributed by atoms with Crippen LogP contribution < -0.4 is 10.0 Å². The highest BCUT2D eigenvalue weighted by atomic mass is 32.2. The van der Waals surface area contributed by atoms with E-state index in [4.69, 9.17) is 9.97 Å². The van der Waals surface area contributed by atoms with Gasteiger partial charge in [0.2, 0.25) is 0 Å². The Bertz CT molecular complexity index is 1520. The molecule has 0 saturated carbocycles. The van der Waals surface area contributed by atoms with Gasteiger partial charge >= 0.3 is 0 Å². The van der Waals surface area contributed by atoms with Crippen molar-refractivity contribution in [3.05, 3.63) is 84.8 Å². The van der Waals surface area contributed by atoms with E-state index in [0.29, 0.717) is 22.5 Å². The first-order valence-corrected chi connectivity index (χ1v) is 14.5. The van der Waals surface area contributed by atoms with E-state index in [1.807, 2.05) is 83.1 Å². The quantitative estimate of drug-likeness (QED) is 0.232. The molecule has 0 spiro atoms. The maximum atomic E-state index is 12.7. The van der Waals surface area contributed by atoms with Crippen LogP contribution in [0.1, 0.15) is 40.3 Å². The van der Waals surface area contributed by atoms with Crippen LogP contribution in [-0.4, -0.2) is 29.7 Å². The third-order valence-corrected chi connectivity index (χ3v) is 7.95. The van der Waals surface area contributed by atoms with Crippen molar-refractivity contribution in [3.63, 3.8) is 0 Å². The minimum atomic E-state index is -1.42. The van der Waals surface area contributed by atoms with Gasteiger partial charge < -0.3 is 5.32 Å². The van der Waals surface area contributed by atoms with E-state index in [1.54, 1.807) is 12.4 Å². The molecule has 2 N–H and O–H groups in total. The molecular weight excluding hydrogens is 512 g/mol. The fourth-order valence-electron chi connectivity index (χ4n) is 3.73. The second kappa shape index (κ2) is 12.3. The van der Waals surface area contributed by atoms with Gasteiger partial charge in [0.1, 0.15) is 5.82 Å². The number of aromatic nitrogens is 4. The smallest absolute Gasteiger partial charge is 0.197 e. The Morgan fingerprint density at radius 3 is 2.37 bits per heavy atom. The number of hydrogen-bond acceptors (Lipinski definition) is 7. The number of nitrogens with one attached hydrogen (secondary N) is 2. The van der Waals surface area contributed by atoms with Crippen molar-refractivity contribution < 1.29 is 4.21 Å². The summed E-state index contributed by atoms with van der Waals surface area (Å²) in [6.45, 7) is 10.4. The zero-order valence-electron chi connectivity index (χ0n) is 22.2. The molecule has 7 nitrogen and oxygen atoms in total. The average molecular weight is 545 g/mol. The number of fused-ring (bicyclic) bond motifs is 1. The predicted octanol–water partition coefficient (Wildman–Crippen LogP) is 6.86. The highest BCUT2D eigenvalue weighted by molar-refractivity contribution is 7.85. The number of thiazole rings is 1. The summed E-state index contributed by atoms with van der Waals surface area (Å²) in [7, 11) is -1.42. The van der Waals surface area contributed by atoms with Crippen molar-refractivity contribution in [2.45, 2.75) is 51.0 Å². The Labute approximate surface area is 230 Å². The summed E-state index contributed by atoms with van der Waals surface area (Å²) in [5, 5.41) is 4.42. The average Bonchev–Trinajstić information content (AvgIpc) is 3.43. The third-order valence-electron chi connectivity index (χ3n) is 5.23. The summed E-state index contributed by atoms with van der Waals surface area (Å²) in [6.07, 6.45) is 3.47. The number of rotatable bonds is 7. The molecule has 0 aliphatic carbocycles. The van der Waals surface area contributed by atoms with Crippen LogP contribution in [0, 0.1) is 0 Å². The molecule has 2 aromatic carbocycles. The van der Waals surface area contributed by atoms with Gasteiger partial charge in [-0.2, -0.15) is 0 Å². The molecule has 1 atom stereocenters. The van der Waals surface area contributed by atoms with Gasteiger partial charge in [0.15, 0.2) is 21.1 Å². The van der Waals surface area contributed by atoms with Crippen LogP contribution in [0.4, 0.5) is 5.82 Å². The topological polar surface area (TPSA) is 92.7 Å². The molecule has 3 aromatic heterocycles. The molecule has 38 heavy (non-hydrogen) atoms. The van der Waals surface area contributed by atoms with Gasteiger partial charge in [-0.05, 0) is 50.1 Å². The first-order valence-electron chi connectivity index (χ1n) is 12.5. The third kappa shape index (κ3) is 6.66. The van der Waals surface area contributed by atoms with Gasteiger partial charge in [-0.15, -0.1) is 11.3 Å². The molecule has 196 valence electrons. The largest absolute Gasteiger partial charge is 0.364 e. The maximum Gasteiger partial charge on any atom is 0.197 e. The van der Waals surface area contributed by atoms with Crippen LogP contribution in [-0.2, 0) is 17.5 Å². The predicted molar refractivity (Wildman–Crippen MR) is 158 cm³/mol. The molecule has 0 amide bonds. The number of hydrogen-bond donors (Lipinski definition) is 2. The van der Waals surface area contributed by atoms with Crippen LogP contribution in [0.3, 0.4) is 0 Å². The minimum Gasteiger partial charge on any atom is -0.364 e. The molecular formula is C29H32N6OS2. The molecule has 0 saturated heterocycles. The van der Waals surface area contributed by atoms with Crippen LogP contribution in [0.15, 0.2) is 83.5 Å². The summed E-state index contributed by atoms with van der Waals surface area (Å²) in [5.74, 6) is 1.25. The van der Waals surface area contributed by atoms with Gasteiger partial charge in [0.05, 0.1) is 34.2 Å². The number of nitrogens with zero attached hydrogens (tertiary/aromatic N) is 4. The molecule has 5 rings (SSSR count). The summed E-state index contributed by atoms with van der Waals surface area (Å²) in [5.41, 5.74) is 3.56. The van der Waals surface area contributed by atoms with Crippen LogP contribution >= 0.6 is 11.3 Å². The van der Waals surface area contributed by atoms with E-state index >= 15 is 0 Å². The van der Waals surface area contributed by atoms with Crippen LogP contribution in [0.2, 0.25) is 0 Å². The van der Waals surface area contributed by atoms with E-state index in [1.165, 1.54) is 11.3 Å². The summed E-state index contributed by atoms with van der Waals surface area (Å²) < 4.78 is 16.3. The van der Waals surface area contributed by atoms with Gasteiger partial charge in [0, 0.05) is 11.7 Å². The first kappa shape index (κ1) is 27.5. The summed E-state index contributed by atoms with van der Waals surface area (Å²) in [4.78, 5) is 19.4. The van der Waals surface area contributed by atoms with Crippen LogP contribution in [0.5, 0.6) is 0 Å². The molecule has 0 aliphatic heterocycles. The SMILES string of the molecule is CC.CC(C)(C)NS(=O)c1ncc(-c2nc(NCc3ccccn3)c3c(-c4ccccc4)cccc3n2)s1. The molecule has 0 bridgehead atoms. The lowest BCUT2D eigenvalue weighted by Gasteiger charge is -2.18. The highest BCUT2D eigenvalue weighted by Gasteiger charge is 2.20. The van der Waals surface area contributed by atoms with E-state index in [9.17, 15) is 4.21 Å². The zero-order chi connectivity index (χ0) is 27.1. The Balaban J connectivity index is 0.00000164. The monoisotopic (exact) mass is 544 g/mol. The standard InChI is InChI=1S/C27H26N6OS2.C2H6/c1-27(2,3)33-36(34)26-30-17-22(35-26)24-31-21-14-9-13-20(18-10-5-4-6-11-18)23(21)25(32-24)29-16-19-12-7-8-15-28-19;1-2/h4-15,17,33H,16H2,1-3H3,(H,29,31,32);1-2H3. The van der Waals surface area contributed by atoms with Gasteiger partial charge in [-0.25, -0.2) is 23.9 Å². The van der Waals surface area contributed by atoms with Crippen molar-refractivity contribution >= 4 is 39.0 Å². The highest BCUT2D eigenvalue weighted by Crippen LogP contribution is 2.35. The maximum absolute atomic E-state index is 12.7. The lowest BCUT2D eigenvalue weighted by atomic mass is 10.0. The second-order valence-electron chi connectivity index (χ2n) is 9.25. The normalized spacial score (nSPS) is 12.0. The van der Waals surface area contributed by atoms with Gasteiger partial charge in [-0.3, -0.25) is 4.98 Å². The van der Waals surface area contributed by atoms with Crippen LogP contribution in [0.25, 0.3) is 32.7 Å². The van der Waals surface area contributed by atoms with Gasteiger partial charge in [-0.1, -0.05) is 62.4 Å². The number of pyridine rings is 1. The van der Waals surface area contributed by atoms with Crippen molar-refractivity contribution in [1.29, 1.82) is 0 Å². The van der Waals surface area contributed by atoms with Crippen molar-refractivity contribution in [2.24, 2.45) is 0 Å². The Morgan fingerprint density at radius 1 is 0.895 bits per heavy atom. The molecule has 0 aliphatic rings. The lowest BCUT2D eigenvalue weighted by Crippen LogP contribution is -2.37. The molecule has 3 heterocycles. The second-order valence-corrected chi connectivity index (χ2v) is 11.7. The molecule has 0 radical (unpaired) electrons. The molecule has 1 unspecified atom stereocenters. The fourth-order valence-corrected chi connectivity index (χ4v) is 5.80. The Hall–Kier alpha value is -3.53. The Kier molecular flexibility index (Phi) is 8.93. The van der Waals surface area contributed by atoms with E-state index in [2.05, 4.69) is 38.2 Å². The lowest BCUT2D eigenvalue weighted by molar-refractivity contribution is 0.519. The summed E-state index contributed by atoms with van der Waals surface area (Å²) >= 11 is 1.33. The minimum absolute atomic E-state index is 0.299. The molecule has 9 heteroatoms. The van der Waals surface area contributed by atoms with E-state index < -0.39 is 11.0 Å². The molecule has 0 fully saturated rings. The number of benzene rings is 2. The van der Waals surface area contributed by atoms with E-state index in [0.717, 1.165) is 32.6 Å². The first-order chi connectivity index (χ1) is 18.4. The number of anilines is 1. The van der Waals surface area contributed by atoms with Gasteiger partial charge in [0.25, 0.3) is 0 Å². The zero-order valence-corrected chi connectivity index (χ0v) is 23.9. The van der Waals surface area contributed by atoms with Crippen molar-refractivity contribution in [1.82, 2.24) is 24.7 Å². The summed E-state index contributed by atoms with van der Waals surface area (Å²) in [6, 6.07) is 22.1. The Morgan fingerprint density at radius 2 is 1.66 bits per heavy atom.